The first-order valence-corrected chi connectivity index (χ1v) is 6.80. The first kappa shape index (κ1) is 16.5. The third-order valence-electron chi connectivity index (χ3n) is 3.41. The van der Waals surface area contributed by atoms with Gasteiger partial charge in [0.25, 0.3) is 0 Å². The predicted octanol–water partition coefficient (Wildman–Crippen LogP) is 2.47. The maximum Gasteiger partial charge on any atom is 0.225 e. The van der Waals surface area contributed by atoms with E-state index >= 15 is 0 Å². The highest BCUT2D eigenvalue weighted by molar-refractivity contribution is 7.80. The highest BCUT2D eigenvalue weighted by Crippen LogP contribution is 2.16. The zero-order valence-corrected chi connectivity index (χ0v) is 12.3. The average Bonchev–Trinajstić information content (AvgIpc) is 2.40. The summed E-state index contributed by atoms with van der Waals surface area (Å²) < 4.78 is 25.9. The molecule has 0 spiro atoms. The molecule has 20 heavy (non-hydrogen) atoms. The van der Waals surface area contributed by atoms with Crippen molar-refractivity contribution in [3.8, 4) is 0 Å². The molecular weight excluding hydrogens is 282 g/mol. The second-order valence-corrected chi connectivity index (χ2v) is 5.07. The molecule has 0 atom stereocenters. The van der Waals surface area contributed by atoms with Gasteiger partial charge >= 0.3 is 0 Å². The second-order valence-electron chi connectivity index (χ2n) is 4.63. The largest absolute Gasteiger partial charge is 0.391 e. The van der Waals surface area contributed by atoms with Gasteiger partial charge in [0.15, 0.2) is 11.6 Å². The highest BCUT2D eigenvalue weighted by atomic mass is 32.1. The number of nitrogens with two attached hydrogens (primary N) is 1. The van der Waals surface area contributed by atoms with E-state index in [1.807, 2.05) is 13.8 Å². The number of halogens is 2. The Morgan fingerprint density at radius 1 is 1.30 bits per heavy atom. The van der Waals surface area contributed by atoms with Gasteiger partial charge in [-0.3, -0.25) is 4.79 Å². The molecule has 0 radical (unpaired) electrons. The minimum absolute atomic E-state index is 0.0540. The summed E-state index contributed by atoms with van der Waals surface area (Å²) in [5.74, 6) is -2.23. The van der Waals surface area contributed by atoms with E-state index in [1.54, 1.807) is 0 Å². The molecule has 0 heterocycles. The van der Waals surface area contributed by atoms with Crippen LogP contribution in [0.15, 0.2) is 18.2 Å². The van der Waals surface area contributed by atoms with Gasteiger partial charge < -0.3 is 11.1 Å². The molecule has 0 unspecified atom stereocenters. The number of hydrogen-bond donors (Lipinski definition) is 2. The number of carbonyl (C=O) groups excluding carboxylic acids is 1. The second kappa shape index (κ2) is 6.74. The summed E-state index contributed by atoms with van der Waals surface area (Å²) in [5.41, 5.74) is 5.35. The molecule has 0 saturated heterocycles. The zero-order chi connectivity index (χ0) is 15.3. The molecule has 1 aromatic rings. The fourth-order valence-electron chi connectivity index (χ4n) is 1.98. The van der Waals surface area contributed by atoms with E-state index < -0.39 is 17.2 Å². The summed E-state index contributed by atoms with van der Waals surface area (Å²) in [4.78, 5) is 12.2. The molecule has 0 aliphatic rings. The van der Waals surface area contributed by atoms with Gasteiger partial charge in [0, 0.05) is 0 Å². The smallest absolute Gasteiger partial charge is 0.225 e. The van der Waals surface area contributed by atoms with Crippen LogP contribution in [0.3, 0.4) is 0 Å². The number of rotatable bonds is 6. The van der Waals surface area contributed by atoms with Gasteiger partial charge in [-0.05, 0) is 30.5 Å². The summed E-state index contributed by atoms with van der Waals surface area (Å²) in [7, 11) is 0. The van der Waals surface area contributed by atoms with Crippen molar-refractivity contribution in [1.82, 2.24) is 5.32 Å². The quantitative estimate of drug-likeness (QED) is 0.794. The molecule has 1 aromatic carbocycles. The van der Waals surface area contributed by atoms with Crippen LogP contribution in [0, 0.1) is 11.6 Å². The van der Waals surface area contributed by atoms with Crippen LogP contribution in [-0.4, -0.2) is 16.4 Å². The van der Waals surface area contributed by atoms with Crippen LogP contribution in [-0.2, 0) is 11.2 Å². The molecule has 3 N–H and O–H groups in total. The Morgan fingerprint density at radius 2 is 1.90 bits per heavy atom. The van der Waals surface area contributed by atoms with Crippen molar-refractivity contribution in [2.75, 3.05) is 0 Å². The van der Waals surface area contributed by atoms with E-state index in [9.17, 15) is 13.6 Å². The van der Waals surface area contributed by atoms with Crippen molar-refractivity contribution in [3.63, 3.8) is 0 Å². The van der Waals surface area contributed by atoms with Gasteiger partial charge in [-0.15, -0.1) is 0 Å². The molecule has 1 rings (SSSR count). The van der Waals surface area contributed by atoms with Crippen LogP contribution in [0.4, 0.5) is 8.78 Å². The fraction of sp³-hybridized carbons (Fsp3) is 0.429. The lowest BCUT2D eigenvalue weighted by Crippen LogP contribution is -2.56. The molecule has 6 heteroatoms. The van der Waals surface area contributed by atoms with Crippen molar-refractivity contribution in [2.24, 2.45) is 5.73 Å². The number of amides is 1. The Hall–Kier alpha value is -1.56. The van der Waals surface area contributed by atoms with Gasteiger partial charge in [-0.2, -0.15) is 0 Å². The van der Waals surface area contributed by atoms with E-state index in [0.29, 0.717) is 18.4 Å². The minimum Gasteiger partial charge on any atom is -0.391 e. The summed E-state index contributed by atoms with van der Waals surface area (Å²) in [5, 5.41) is 2.79. The van der Waals surface area contributed by atoms with Crippen molar-refractivity contribution < 1.29 is 13.6 Å². The van der Waals surface area contributed by atoms with Crippen molar-refractivity contribution in [2.45, 2.75) is 38.6 Å². The molecule has 3 nitrogen and oxygen atoms in total. The monoisotopic (exact) mass is 300 g/mol. The summed E-state index contributed by atoms with van der Waals surface area (Å²) in [6.07, 6.45) is 1.09. The molecule has 0 saturated carbocycles. The maximum atomic E-state index is 13.1. The first-order chi connectivity index (χ1) is 9.34. The molecule has 0 bridgehead atoms. The molecule has 0 fully saturated rings. The van der Waals surface area contributed by atoms with Crippen molar-refractivity contribution >= 4 is 23.1 Å². The average molecular weight is 300 g/mol. The number of carbonyl (C=O) groups is 1. The van der Waals surface area contributed by atoms with Gasteiger partial charge in [0.05, 0.1) is 16.9 Å². The van der Waals surface area contributed by atoms with Gasteiger partial charge in [-0.25, -0.2) is 8.78 Å². The number of thiocarbonyl (C=S) groups is 1. The van der Waals surface area contributed by atoms with Crippen LogP contribution in [0.25, 0.3) is 0 Å². The topological polar surface area (TPSA) is 55.1 Å². The lowest BCUT2D eigenvalue weighted by Gasteiger charge is -2.31. The van der Waals surface area contributed by atoms with Gasteiger partial charge in [0.2, 0.25) is 5.91 Å². The van der Waals surface area contributed by atoms with E-state index in [1.165, 1.54) is 6.07 Å². The lowest BCUT2D eigenvalue weighted by molar-refractivity contribution is -0.121. The van der Waals surface area contributed by atoms with Gasteiger partial charge in [0.1, 0.15) is 0 Å². The van der Waals surface area contributed by atoms with Crippen LogP contribution in [0.5, 0.6) is 0 Å². The number of benzene rings is 1. The van der Waals surface area contributed by atoms with Crippen molar-refractivity contribution in [3.05, 3.63) is 35.4 Å². The maximum absolute atomic E-state index is 13.1. The van der Waals surface area contributed by atoms with Crippen molar-refractivity contribution in [1.29, 1.82) is 0 Å². The molecule has 0 aliphatic carbocycles. The Balaban J connectivity index is 2.80. The van der Waals surface area contributed by atoms with E-state index in [-0.39, 0.29) is 17.3 Å². The normalized spacial score (nSPS) is 11.2. The zero-order valence-electron chi connectivity index (χ0n) is 11.5. The molecule has 0 aliphatic heterocycles. The number of nitrogens with one attached hydrogen (secondary N) is 1. The SMILES string of the molecule is CCC(CC)(NC(=O)Cc1ccc(F)c(F)c1)C(N)=S. The number of hydrogen-bond acceptors (Lipinski definition) is 2. The highest BCUT2D eigenvalue weighted by Gasteiger charge is 2.31. The van der Waals surface area contributed by atoms with Crippen LogP contribution in [0.2, 0.25) is 0 Å². The summed E-state index contributed by atoms with van der Waals surface area (Å²) >= 11 is 5.00. The summed E-state index contributed by atoms with van der Waals surface area (Å²) in [6, 6.07) is 3.38. The Bertz CT molecular complexity index is 516. The third kappa shape index (κ3) is 3.72. The molecular formula is C14H18F2N2OS. The fourth-order valence-corrected chi connectivity index (χ4v) is 2.32. The Morgan fingerprint density at radius 3 is 2.35 bits per heavy atom. The van der Waals surface area contributed by atoms with Crippen LogP contribution < -0.4 is 11.1 Å². The molecule has 1 amide bonds. The third-order valence-corrected chi connectivity index (χ3v) is 3.80. The van der Waals surface area contributed by atoms with Gasteiger partial charge in [-0.1, -0.05) is 32.1 Å². The first-order valence-electron chi connectivity index (χ1n) is 6.39. The van der Waals surface area contributed by atoms with E-state index in [4.69, 9.17) is 18.0 Å². The van der Waals surface area contributed by atoms with E-state index in [0.717, 1.165) is 12.1 Å². The van der Waals surface area contributed by atoms with Crippen LogP contribution >= 0.6 is 12.2 Å². The van der Waals surface area contributed by atoms with E-state index in [2.05, 4.69) is 5.32 Å². The Kier molecular flexibility index (Phi) is 5.56. The predicted molar refractivity (Wildman–Crippen MR) is 78.3 cm³/mol. The molecule has 110 valence electrons. The Labute approximate surface area is 122 Å². The minimum atomic E-state index is -0.970. The lowest BCUT2D eigenvalue weighted by atomic mass is 9.92. The van der Waals surface area contributed by atoms with Crippen LogP contribution in [0.1, 0.15) is 32.3 Å². The summed E-state index contributed by atoms with van der Waals surface area (Å²) in [6.45, 7) is 3.75. The standard InChI is InChI=1S/C14H18F2N2OS/c1-3-14(4-2,13(17)20)18-12(19)8-9-5-6-10(15)11(16)7-9/h5-7H,3-4,8H2,1-2H3,(H2,17,20)(H,18,19). The molecule has 0 aromatic heterocycles.